The summed E-state index contributed by atoms with van der Waals surface area (Å²) < 4.78 is 12.5. The van der Waals surface area contributed by atoms with Crippen LogP contribution in [0.3, 0.4) is 0 Å². The van der Waals surface area contributed by atoms with Gasteiger partial charge in [-0.25, -0.2) is 4.68 Å². The molecule has 0 atom stereocenters. The number of rotatable bonds is 11. The van der Waals surface area contributed by atoms with Crippen molar-refractivity contribution in [3.8, 4) is 0 Å². The van der Waals surface area contributed by atoms with E-state index in [2.05, 4.69) is 38.5 Å². The summed E-state index contributed by atoms with van der Waals surface area (Å²) in [6.45, 7) is 5.50. The van der Waals surface area contributed by atoms with E-state index in [1.165, 1.54) is 0 Å². The van der Waals surface area contributed by atoms with Crippen molar-refractivity contribution in [2.45, 2.75) is 26.5 Å². The van der Waals surface area contributed by atoms with Crippen LogP contribution in [0.2, 0.25) is 0 Å². The quantitative estimate of drug-likeness (QED) is 0.471. The number of carbonyl (C=O) groups is 1. The molecular weight excluding hydrogens is 328 g/mol. The number of hydrogen-bond donors (Lipinski definition) is 1. The summed E-state index contributed by atoms with van der Waals surface area (Å²) in [5.41, 5.74) is 0.771. The molecule has 7 nitrogen and oxygen atoms in total. The summed E-state index contributed by atoms with van der Waals surface area (Å²) in [7, 11) is 0. The zero-order valence-corrected chi connectivity index (χ0v) is 13.3. The van der Waals surface area contributed by atoms with Crippen LogP contribution in [0.4, 0.5) is 0 Å². The molecule has 0 aliphatic carbocycles. The predicted octanol–water partition coefficient (Wildman–Crippen LogP) is 0.732. The number of hydrogen-bond acceptors (Lipinski definition) is 5. The second kappa shape index (κ2) is 10.8. The normalized spacial score (nSPS) is 10.7. The highest BCUT2D eigenvalue weighted by molar-refractivity contribution is 9.09. The summed E-state index contributed by atoms with van der Waals surface area (Å²) in [5, 5.41) is 11.0. The third-order valence-corrected chi connectivity index (χ3v) is 2.85. The molecule has 0 aromatic carbocycles. The van der Waals surface area contributed by atoms with Crippen molar-refractivity contribution in [1.82, 2.24) is 20.3 Å². The topological polar surface area (TPSA) is 78.3 Å². The molecule has 0 fully saturated rings. The highest BCUT2D eigenvalue weighted by Crippen LogP contribution is 1.96. The number of alkyl halides is 1. The van der Waals surface area contributed by atoms with Gasteiger partial charge in [0.1, 0.15) is 5.69 Å². The van der Waals surface area contributed by atoms with E-state index in [9.17, 15) is 4.79 Å². The van der Waals surface area contributed by atoms with Crippen molar-refractivity contribution >= 4 is 21.8 Å². The predicted molar refractivity (Wildman–Crippen MR) is 77.6 cm³/mol. The van der Waals surface area contributed by atoms with Crippen molar-refractivity contribution in [2.75, 3.05) is 31.7 Å². The molecule has 0 spiro atoms. The molecule has 1 amide bonds. The van der Waals surface area contributed by atoms with Crippen LogP contribution in [0, 0.1) is 0 Å². The highest BCUT2D eigenvalue weighted by atomic mass is 79.9. The highest BCUT2D eigenvalue weighted by Gasteiger charge is 2.01. The molecule has 1 aromatic rings. The molecule has 0 saturated carbocycles. The molecule has 8 heteroatoms. The summed E-state index contributed by atoms with van der Waals surface area (Å²) in [6, 6.07) is 0. The van der Waals surface area contributed by atoms with E-state index in [0.29, 0.717) is 38.2 Å². The molecule has 0 aliphatic heterocycles. The second-order valence-electron chi connectivity index (χ2n) is 4.12. The standard InChI is InChI=1S/C12H21BrN4O3/c1-2-5-19-7-4-17-9-11(15-16-17)10-20-6-3-14-12(18)8-13/h9H,2-8,10H2,1H3,(H,14,18). The van der Waals surface area contributed by atoms with Gasteiger partial charge < -0.3 is 14.8 Å². The van der Waals surface area contributed by atoms with Gasteiger partial charge in [0, 0.05) is 13.2 Å². The maximum atomic E-state index is 10.9. The van der Waals surface area contributed by atoms with Gasteiger partial charge in [-0.1, -0.05) is 28.1 Å². The monoisotopic (exact) mass is 348 g/mol. The van der Waals surface area contributed by atoms with Gasteiger partial charge >= 0.3 is 0 Å². The number of halogens is 1. The summed E-state index contributed by atoms with van der Waals surface area (Å²) in [6.07, 6.45) is 2.86. The smallest absolute Gasteiger partial charge is 0.230 e. The van der Waals surface area contributed by atoms with Gasteiger partial charge in [-0.2, -0.15) is 0 Å². The molecule has 0 radical (unpaired) electrons. The Kier molecular flexibility index (Phi) is 9.18. The Labute approximate surface area is 127 Å². The number of nitrogens with zero attached hydrogens (tertiary/aromatic N) is 3. The van der Waals surface area contributed by atoms with E-state index < -0.39 is 0 Å². The van der Waals surface area contributed by atoms with E-state index in [0.717, 1.165) is 18.7 Å². The molecule has 114 valence electrons. The van der Waals surface area contributed by atoms with Crippen molar-refractivity contribution in [1.29, 1.82) is 0 Å². The third kappa shape index (κ3) is 7.56. The molecule has 1 heterocycles. The van der Waals surface area contributed by atoms with Crippen LogP contribution in [0.1, 0.15) is 19.0 Å². The fraction of sp³-hybridized carbons (Fsp3) is 0.750. The molecule has 0 unspecified atom stereocenters. The lowest BCUT2D eigenvalue weighted by Gasteiger charge is -2.03. The Morgan fingerprint density at radius 1 is 1.40 bits per heavy atom. The molecule has 20 heavy (non-hydrogen) atoms. The van der Waals surface area contributed by atoms with Crippen molar-refractivity contribution in [2.24, 2.45) is 0 Å². The van der Waals surface area contributed by atoms with Gasteiger partial charge in [-0.15, -0.1) is 5.10 Å². The summed E-state index contributed by atoms with van der Waals surface area (Å²) in [4.78, 5) is 10.9. The SMILES string of the molecule is CCCOCCn1cc(COCCNC(=O)CBr)nn1. The van der Waals surface area contributed by atoms with Crippen LogP contribution in [0.5, 0.6) is 0 Å². The number of ether oxygens (including phenoxy) is 2. The molecule has 0 aliphatic rings. The van der Waals surface area contributed by atoms with Gasteiger partial charge in [0.2, 0.25) is 5.91 Å². The van der Waals surface area contributed by atoms with Crippen LogP contribution in [0.25, 0.3) is 0 Å². The minimum Gasteiger partial charge on any atom is -0.380 e. The Morgan fingerprint density at radius 2 is 2.25 bits per heavy atom. The Morgan fingerprint density at radius 3 is 3.00 bits per heavy atom. The maximum Gasteiger partial charge on any atom is 0.230 e. The first-order valence-electron chi connectivity index (χ1n) is 6.63. The first-order chi connectivity index (χ1) is 9.76. The lowest BCUT2D eigenvalue weighted by molar-refractivity contribution is -0.118. The Hall–Kier alpha value is -0.990. The number of aromatic nitrogens is 3. The zero-order chi connectivity index (χ0) is 14.6. The number of amides is 1. The molecule has 1 rings (SSSR count). The van der Waals surface area contributed by atoms with Crippen LogP contribution < -0.4 is 5.32 Å². The maximum absolute atomic E-state index is 10.9. The lowest BCUT2D eigenvalue weighted by atomic mass is 10.5. The Bertz CT molecular complexity index is 387. The van der Waals surface area contributed by atoms with E-state index in [1.54, 1.807) is 4.68 Å². The van der Waals surface area contributed by atoms with E-state index in [4.69, 9.17) is 9.47 Å². The van der Waals surface area contributed by atoms with Crippen LogP contribution in [0.15, 0.2) is 6.20 Å². The van der Waals surface area contributed by atoms with E-state index >= 15 is 0 Å². The number of carbonyl (C=O) groups excluding carboxylic acids is 1. The zero-order valence-electron chi connectivity index (χ0n) is 11.7. The first kappa shape index (κ1) is 17.1. The van der Waals surface area contributed by atoms with Crippen molar-refractivity contribution in [3.05, 3.63) is 11.9 Å². The van der Waals surface area contributed by atoms with Crippen LogP contribution in [-0.4, -0.2) is 52.6 Å². The minimum atomic E-state index is -0.0494. The average Bonchev–Trinajstić information content (AvgIpc) is 2.91. The van der Waals surface area contributed by atoms with E-state index in [1.807, 2.05) is 6.20 Å². The van der Waals surface area contributed by atoms with Gasteiger partial charge in [0.05, 0.1) is 37.9 Å². The first-order valence-corrected chi connectivity index (χ1v) is 7.75. The summed E-state index contributed by atoms with van der Waals surface area (Å²) in [5.74, 6) is -0.0494. The Balaban J connectivity index is 2.09. The molecule has 0 bridgehead atoms. The molecule has 1 N–H and O–H groups in total. The largest absolute Gasteiger partial charge is 0.380 e. The average molecular weight is 349 g/mol. The molecular formula is C12H21BrN4O3. The number of nitrogens with one attached hydrogen (secondary N) is 1. The second-order valence-corrected chi connectivity index (χ2v) is 4.68. The van der Waals surface area contributed by atoms with Crippen molar-refractivity contribution < 1.29 is 14.3 Å². The van der Waals surface area contributed by atoms with Gasteiger partial charge in [0.25, 0.3) is 0 Å². The van der Waals surface area contributed by atoms with Crippen LogP contribution in [-0.2, 0) is 27.4 Å². The van der Waals surface area contributed by atoms with Crippen LogP contribution >= 0.6 is 15.9 Å². The lowest BCUT2D eigenvalue weighted by Crippen LogP contribution is -2.27. The van der Waals surface area contributed by atoms with Gasteiger partial charge in [-0.3, -0.25) is 4.79 Å². The molecule has 0 saturated heterocycles. The fourth-order valence-corrected chi connectivity index (χ4v) is 1.60. The fourth-order valence-electron chi connectivity index (χ4n) is 1.41. The van der Waals surface area contributed by atoms with Gasteiger partial charge in [-0.05, 0) is 6.42 Å². The minimum absolute atomic E-state index is 0.0494. The van der Waals surface area contributed by atoms with Crippen molar-refractivity contribution in [3.63, 3.8) is 0 Å². The summed E-state index contributed by atoms with van der Waals surface area (Å²) >= 11 is 3.07. The van der Waals surface area contributed by atoms with E-state index in [-0.39, 0.29) is 5.91 Å². The molecule has 1 aromatic heterocycles. The van der Waals surface area contributed by atoms with Gasteiger partial charge in [0.15, 0.2) is 0 Å². The third-order valence-electron chi connectivity index (χ3n) is 2.34.